The zero-order valence-electron chi connectivity index (χ0n) is 9.05. The first kappa shape index (κ1) is 10.2. The molecule has 1 aromatic heterocycles. The Balaban J connectivity index is 2.13. The Labute approximate surface area is 88.8 Å². The van der Waals surface area contributed by atoms with E-state index in [1.54, 1.807) is 11.1 Å². The van der Waals surface area contributed by atoms with Gasteiger partial charge in [0.2, 0.25) is 5.91 Å². The SMILES string of the molecule is CCCn1cc(N2C(=O)C(N)C2C)cn1. The predicted octanol–water partition coefficient (Wildman–Crippen LogP) is 0.356. The van der Waals surface area contributed by atoms with Gasteiger partial charge in [-0.05, 0) is 13.3 Å². The highest BCUT2D eigenvalue weighted by Gasteiger charge is 2.43. The van der Waals surface area contributed by atoms with Crippen LogP contribution in [-0.2, 0) is 11.3 Å². The van der Waals surface area contributed by atoms with E-state index in [1.165, 1.54) is 0 Å². The molecule has 1 fully saturated rings. The molecule has 2 atom stereocenters. The van der Waals surface area contributed by atoms with Crippen molar-refractivity contribution >= 4 is 11.6 Å². The first-order valence-electron chi connectivity index (χ1n) is 5.26. The molecule has 2 rings (SSSR count). The van der Waals surface area contributed by atoms with E-state index in [0.717, 1.165) is 18.7 Å². The van der Waals surface area contributed by atoms with Gasteiger partial charge in [-0.15, -0.1) is 0 Å². The summed E-state index contributed by atoms with van der Waals surface area (Å²) < 4.78 is 1.85. The molecular formula is C10H16N4O. The molecule has 0 aromatic carbocycles. The van der Waals surface area contributed by atoms with Crippen molar-refractivity contribution in [1.82, 2.24) is 9.78 Å². The monoisotopic (exact) mass is 208 g/mol. The summed E-state index contributed by atoms with van der Waals surface area (Å²) in [5.74, 6) is -0.0152. The highest BCUT2D eigenvalue weighted by Crippen LogP contribution is 2.26. The minimum Gasteiger partial charge on any atom is -0.318 e. The second-order valence-corrected chi connectivity index (χ2v) is 3.94. The Morgan fingerprint density at radius 1 is 1.60 bits per heavy atom. The van der Waals surface area contributed by atoms with E-state index in [-0.39, 0.29) is 18.0 Å². The highest BCUT2D eigenvalue weighted by atomic mass is 16.2. The number of hydrogen-bond donors (Lipinski definition) is 1. The lowest BCUT2D eigenvalue weighted by Crippen LogP contribution is -2.67. The van der Waals surface area contributed by atoms with Crippen LogP contribution in [0.1, 0.15) is 20.3 Å². The molecule has 2 N–H and O–H groups in total. The summed E-state index contributed by atoms with van der Waals surface area (Å²) in [6.45, 7) is 4.92. The number of aryl methyl sites for hydroxylation is 1. The van der Waals surface area contributed by atoms with E-state index in [9.17, 15) is 4.79 Å². The van der Waals surface area contributed by atoms with Crippen molar-refractivity contribution in [2.75, 3.05) is 4.90 Å². The molecule has 0 spiro atoms. The molecule has 5 heteroatoms. The fourth-order valence-corrected chi connectivity index (χ4v) is 1.84. The molecule has 2 heterocycles. The minimum atomic E-state index is -0.348. The third-order valence-corrected chi connectivity index (χ3v) is 2.80. The molecule has 0 bridgehead atoms. The van der Waals surface area contributed by atoms with Gasteiger partial charge < -0.3 is 10.6 Å². The smallest absolute Gasteiger partial charge is 0.246 e. The van der Waals surface area contributed by atoms with Crippen LogP contribution in [0.2, 0.25) is 0 Å². The zero-order chi connectivity index (χ0) is 11.0. The van der Waals surface area contributed by atoms with Gasteiger partial charge in [0.1, 0.15) is 6.04 Å². The number of aromatic nitrogens is 2. The van der Waals surface area contributed by atoms with Crippen LogP contribution in [0.15, 0.2) is 12.4 Å². The summed E-state index contributed by atoms with van der Waals surface area (Å²) in [7, 11) is 0. The van der Waals surface area contributed by atoms with Crippen molar-refractivity contribution in [2.45, 2.75) is 38.9 Å². The van der Waals surface area contributed by atoms with E-state index in [2.05, 4.69) is 12.0 Å². The fraction of sp³-hybridized carbons (Fsp3) is 0.600. The Kier molecular flexibility index (Phi) is 2.48. The van der Waals surface area contributed by atoms with Crippen LogP contribution >= 0.6 is 0 Å². The number of carbonyl (C=O) groups is 1. The van der Waals surface area contributed by atoms with Crippen LogP contribution in [0.5, 0.6) is 0 Å². The summed E-state index contributed by atoms with van der Waals surface area (Å²) >= 11 is 0. The van der Waals surface area contributed by atoms with Crippen LogP contribution in [0.25, 0.3) is 0 Å². The number of rotatable bonds is 3. The van der Waals surface area contributed by atoms with E-state index in [4.69, 9.17) is 5.73 Å². The maximum absolute atomic E-state index is 11.5. The molecule has 82 valence electrons. The van der Waals surface area contributed by atoms with E-state index >= 15 is 0 Å². The summed E-state index contributed by atoms with van der Waals surface area (Å²) in [6, 6.07) is -0.267. The molecule has 1 aliphatic heterocycles. The van der Waals surface area contributed by atoms with Gasteiger partial charge >= 0.3 is 0 Å². The second-order valence-electron chi connectivity index (χ2n) is 3.94. The van der Waals surface area contributed by atoms with Crippen molar-refractivity contribution in [3.63, 3.8) is 0 Å². The average Bonchev–Trinajstić information content (AvgIpc) is 2.66. The van der Waals surface area contributed by atoms with Crippen LogP contribution in [0.4, 0.5) is 5.69 Å². The summed E-state index contributed by atoms with van der Waals surface area (Å²) in [5, 5.41) is 4.18. The second kappa shape index (κ2) is 3.66. The molecule has 1 saturated heterocycles. The average molecular weight is 208 g/mol. The Morgan fingerprint density at radius 3 is 2.93 bits per heavy atom. The third kappa shape index (κ3) is 1.52. The molecule has 2 unspecified atom stereocenters. The third-order valence-electron chi connectivity index (χ3n) is 2.80. The van der Waals surface area contributed by atoms with Gasteiger partial charge in [-0.2, -0.15) is 5.10 Å². The maximum atomic E-state index is 11.5. The van der Waals surface area contributed by atoms with Gasteiger partial charge in [0.15, 0.2) is 0 Å². The van der Waals surface area contributed by atoms with E-state index in [0.29, 0.717) is 0 Å². The lowest BCUT2D eigenvalue weighted by molar-refractivity contribution is -0.125. The van der Waals surface area contributed by atoms with Crippen LogP contribution < -0.4 is 10.6 Å². The predicted molar refractivity (Wildman–Crippen MR) is 57.4 cm³/mol. The summed E-state index contributed by atoms with van der Waals surface area (Å²) in [6.07, 6.45) is 4.64. The van der Waals surface area contributed by atoms with Crippen molar-refractivity contribution < 1.29 is 4.79 Å². The van der Waals surface area contributed by atoms with Crippen molar-refractivity contribution in [3.8, 4) is 0 Å². The number of carbonyl (C=O) groups excluding carboxylic acids is 1. The van der Waals surface area contributed by atoms with Gasteiger partial charge in [-0.25, -0.2) is 0 Å². The molecule has 1 aliphatic rings. The lowest BCUT2D eigenvalue weighted by Gasteiger charge is -2.42. The quantitative estimate of drug-likeness (QED) is 0.729. The molecular weight excluding hydrogens is 192 g/mol. The van der Waals surface area contributed by atoms with Gasteiger partial charge in [0.25, 0.3) is 0 Å². The summed E-state index contributed by atoms with van der Waals surface area (Å²) in [4.78, 5) is 13.2. The maximum Gasteiger partial charge on any atom is 0.246 e. The number of nitrogens with zero attached hydrogens (tertiary/aromatic N) is 3. The Morgan fingerprint density at radius 2 is 2.33 bits per heavy atom. The number of amides is 1. The summed E-state index contributed by atoms with van der Waals surface area (Å²) in [5.41, 5.74) is 6.49. The molecule has 0 radical (unpaired) electrons. The molecule has 1 aromatic rings. The van der Waals surface area contributed by atoms with Gasteiger partial charge in [0.05, 0.1) is 17.9 Å². The first-order chi connectivity index (χ1) is 7.15. The number of nitrogens with two attached hydrogens (primary N) is 1. The normalized spacial score (nSPS) is 25.5. The number of anilines is 1. The van der Waals surface area contributed by atoms with E-state index < -0.39 is 0 Å². The molecule has 1 amide bonds. The number of hydrogen-bond acceptors (Lipinski definition) is 3. The van der Waals surface area contributed by atoms with E-state index in [1.807, 2.05) is 17.8 Å². The van der Waals surface area contributed by atoms with Crippen LogP contribution in [-0.4, -0.2) is 27.8 Å². The van der Waals surface area contributed by atoms with Crippen molar-refractivity contribution in [3.05, 3.63) is 12.4 Å². The highest BCUT2D eigenvalue weighted by molar-refractivity contribution is 6.04. The Hall–Kier alpha value is -1.36. The molecule has 15 heavy (non-hydrogen) atoms. The van der Waals surface area contributed by atoms with Crippen molar-refractivity contribution in [1.29, 1.82) is 0 Å². The van der Waals surface area contributed by atoms with Gasteiger partial charge in [-0.3, -0.25) is 9.48 Å². The number of β-lactam (4-membered cyclic amide) rings is 1. The Bertz CT molecular complexity index is 373. The van der Waals surface area contributed by atoms with Crippen LogP contribution in [0.3, 0.4) is 0 Å². The minimum absolute atomic E-state index is 0.0152. The van der Waals surface area contributed by atoms with Gasteiger partial charge in [0, 0.05) is 12.7 Å². The van der Waals surface area contributed by atoms with Gasteiger partial charge in [-0.1, -0.05) is 6.92 Å². The van der Waals surface area contributed by atoms with Crippen molar-refractivity contribution in [2.24, 2.45) is 5.73 Å². The molecule has 5 nitrogen and oxygen atoms in total. The largest absolute Gasteiger partial charge is 0.318 e. The molecule has 0 saturated carbocycles. The zero-order valence-corrected chi connectivity index (χ0v) is 9.05. The lowest BCUT2D eigenvalue weighted by atomic mass is 9.97. The standard InChI is InChI=1S/C10H16N4O/c1-3-4-13-6-8(5-12-13)14-7(2)9(11)10(14)15/h5-7,9H,3-4,11H2,1-2H3. The fourth-order valence-electron chi connectivity index (χ4n) is 1.84. The first-order valence-corrected chi connectivity index (χ1v) is 5.26. The topological polar surface area (TPSA) is 64.2 Å². The molecule has 0 aliphatic carbocycles. The van der Waals surface area contributed by atoms with Crippen LogP contribution in [0, 0.1) is 0 Å².